The summed E-state index contributed by atoms with van der Waals surface area (Å²) in [6, 6.07) is 4.45. The van der Waals surface area contributed by atoms with Crippen molar-refractivity contribution in [2.75, 3.05) is 26.4 Å². The topological polar surface area (TPSA) is 65.1 Å². The smallest absolute Gasteiger partial charge is 0.471 e. The van der Waals surface area contributed by atoms with Crippen LogP contribution in [-0.4, -0.2) is 54.9 Å². The first-order valence-electron chi connectivity index (χ1n) is 9.31. The Labute approximate surface area is 167 Å². The monoisotopic (exact) mass is 417 g/mol. The van der Waals surface area contributed by atoms with E-state index in [0.29, 0.717) is 17.7 Å². The van der Waals surface area contributed by atoms with Crippen molar-refractivity contribution >= 4 is 11.9 Å². The second-order valence-corrected chi connectivity index (χ2v) is 7.77. The molecule has 1 aromatic carbocycles. The third kappa shape index (κ3) is 6.62. The number of amides is 1. The summed E-state index contributed by atoms with van der Waals surface area (Å²) in [6.07, 6.45) is -4.55. The zero-order valence-corrected chi connectivity index (χ0v) is 17.0. The lowest BCUT2D eigenvalue weighted by atomic mass is 9.93. The van der Waals surface area contributed by atoms with Crippen LogP contribution in [0.15, 0.2) is 18.2 Å². The number of esters is 1. The van der Waals surface area contributed by atoms with Gasteiger partial charge < -0.3 is 19.1 Å². The summed E-state index contributed by atoms with van der Waals surface area (Å²) in [7, 11) is 0. The maximum Gasteiger partial charge on any atom is 0.471 e. The van der Waals surface area contributed by atoms with E-state index >= 15 is 0 Å². The molecule has 0 aliphatic carbocycles. The molecule has 6 nitrogen and oxygen atoms in total. The van der Waals surface area contributed by atoms with Gasteiger partial charge in [-0.15, -0.1) is 0 Å². The lowest BCUT2D eigenvalue weighted by Crippen LogP contribution is -2.45. The average molecular weight is 417 g/mol. The molecule has 1 unspecified atom stereocenters. The predicted octanol–water partition coefficient (Wildman–Crippen LogP) is 3.43. The molecule has 2 rings (SSSR count). The Bertz CT molecular complexity index is 743. The summed E-state index contributed by atoms with van der Waals surface area (Å²) >= 11 is 0. The fourth-order valence-corrected chi connectivity index (χ4v) is 3.07. The van der Waals surface area contributed by atoms with E-state index in [0.717, 1.165) is 10.5 Å². The SMILES string of the molecule is CC1c2cc(OCCOCC(=O)OC(C)(C)C)ccc2CCN1C(=O)C(F)(F)F. The van der Waals surface area contributed by atoms with Crippen LogP contribution in [0.5, 0.6) is 5.75 Å². The van der Waals surface area contributed by atoms with E-state index in [1.165, 1.54) is 0 Å². The number of hydrogen-bond acceptors (Lipinski definition) is 5. The van der Waals surface area contributed by atoms with Crippen LogP contribution in [0, 0.1) is 0 Å². The third-order valence-corrected chi connectivity index (χ3v) is 4.30. The van der Waals surface area contributed by atoms with E-state index in [1.807, 2.05) is 0 Å². The van der Waals surface area contributed by atoms with Gasteiger partial charge in [0.2, 0.25) is 0 Å². The van der Waals surface area contributed by atoms with Crippen LogP contribution in [-0.2, 0) is 25.5 Å². The first kappa shape index (κ1) is 23.0. The Morgan fingerprint density at radius 3 is 2.48 bits per heavy atom. The summed E-state index contributed by atoms with van der Waals surface area (Å²) < 4.78 is 54.2. The van der Waals surface area contributed by atoms with Gasteiger partial charge in [-0.3, -0.25) is 4.79 Å². The average Bonchev–Trinajstić information content (AvgIpc) is 2.59. The van der Waals surface area contributed by atoms with Crippen LogP contribution in [0.25, 0.3) is 0 Å². The highest BCUT2D eigenvalue weighted by Crippen LogP contribution is 2.34. The Morgan fingerprint density at radius 2 is 1.86 bits per heavy atom. The molecule has 1 aliphatic heterocycles. The zero-order chi connectivity index (χ0) is 21.8. The van der Waals surface area contributed by atoms with Gasteiger partial charge >= 0.3 is 18.1 Å². The number of hydrogen-bond donors (Lipinski definition) is 0. The highest BCUT2D eigenvalue weighted by Gasteiger charge is 2.45. The molecule has 0 saturated carbocycles. The summed E-state index contributed by atoms with van der Waals surface area (Å²) in [5.74, 6) is -1.86. The minimum Gasteiger partial charge on any atom is -0.491 e. The minimum atomic E-state index is -4.90. The van der Waals surface area contributed by atoms with Crippen LogP contribution in [0.3, 0.4) is 0 Å². The van der Waals surface area contributed by atoms with Crippen molar-refractivity contribution in [2.45, 2.75) is 51.9 Å². The zero-order valence-electron chi connectivity index (χ0n) is 17.0. The van der Waals surface area contributed by atoms with E-state index in [4.69, 9.17) is 14.2 Å². The molecule has 0 radical (unpaired) electrons. The standard InChI is InChI=1S/C20H26F3NO5/c1-13-16-11-15(28-10-9-27-12-17(25)29-19(2,3)4)6-5-14(16)7-8-24(13)18(26)20(21,22)23/h5-6,11,13H,7-10,12H2,1-4H3. The molecule has 0 saturated heterocycles. The van der Waals surface area contributed by atoms with Crippen LogP contribution in [0.4, 0.5) is 13.2 Å². The third-order valence-electron chi connectivity index (χ3n) is 4.30. The van der Waals surface area contributed by atoms with Crippen LogP contribution in [0.1, 0.15) is 44.9 Å². The summed E-state index contributed by atoms with van der Waals surface area (Å²) in [5, 5.41) is 0. The molecule has 0 N–H and O–H groups in total. The van der Waals surface area contributed by atoms with E-state index in [9.17, 15) is 22.8 Å². The fraction of sp³-hybridized carbons (Fsp3) is 0.600. The lowest BCUT2D eigenvalue weighted by Gasteiger charge is -2.35. The number of ether oxygens (including phenoxy) is 3. The molecule has 0 bridgehead atoms. The molecule has 1 amide bonds. The highest BCUT2D eigenvalue weighted by atomic mass is 19.4. The van der Waals surface area contributed by atoms with Gasteiger partial charge in [0.15, 0.2) is 0 Å². The first-order valence-corrected chi connectivity index (χ1v) is 9.31. The molecular formula is C20H26F3NO5. The second-order valence-electron chi connectivity index (χ2n) is 7.77. The molecule has 162 valence electrons. The highest BCUT2D eigenvalue weighted by molar-refractivity contribution is 5.82. The van der Waals surface area contributed by atoms with Crippen LogP contribution >= 0.6 is 0 Å². The number of fused-ring (bicyclic) bond motifs is 1. The van der Waals surface area contributed by atoms with Crippen molar-refractivity contribution in [1.82, 2.24) is 4.90 Å². The molecule has 1 atom stereocenters. The number of alkyl halides is 3. The molecule has 1 aromatic rings. The Morgan fingerprint density at radius 1 is 1.17 bits per heavy atom. The van der Waals surface area contributed by atoms with Crippen molar-refractivity contribution in [3.63, 3.8) is 0 Å². The number of benzene rings is 1. The van der Waals surface area contributed by atoms with Crippen molar-refractivity contribution < 1.29 is 37.0 Å². The van der Waals surface area contributed by atoms with Gasteiger partial charge in [0.1, 0.15) is 24.6 Å². The second kappa shape index (κ2) is 9.02. The Hall–Kier alpha value is -2.29. The van der Waals surface area contributed by atoms with E-state index in [2.05, 4.69) is 0 Å². The van der Waals surface area contributed by atoms with Gasteiger partial charge in [-0.2, -0.15) is 13.2 Å². The van der Waals surface area contributed by atoms with Gasteiger partial charge in [0.05, 0.1) is 12.6 Å². The van der Waals surface area contributed by atoms with Crippen molar-refractivity contribution in [3.8, 4) is 5.75 Å². The van der Waals surface area contributed by atoms with E-state index in [1.54, 1.807) is 45.9 Å². The van der Waals surface area contributed by atoms with E-state index < -0.39 is 29.7 Å². The Balaban J connectivity index is 1.88. The molecule has 0 spiro atoms. The molecular weight excluding hydrogens is 391 g/mol. The summed E-state index contributed by atoms with van der Waals surface area (Å²) in [5.41, 5.74) is 0.927. The predicted molar refractivity (Wildman–Crippen MR) is 98.5 cm³/mol. The van der Waals surface area contributed by atoms with E-state index in [-0.39, 0.29) is 26.4 Å². The molecule has 0 fully saturated rings. The van der Waals surface area contributed by atoms with Crippen LogP contribution in [0.2, 0.25) is 0 Å². The minimum absolute atomic E-state index is 0.0191. The van der Waals surface area contributed by atoms with Gasteiger partial charge in [-0.05, 0) is 57.4 Å². The largest absolute Gasteiger partial charge is 0.491 e. The molecule has 1 aliphatic rings. The lowest BCUT2D eigenvalue weighted by molar-refractivity contribution is -0.188. The van der Waals surface area contributed by atoms with Gasteiger partial charge in [-0.25, -0.2) is 4.79 Å². The van der Waals surface area contributed by atoms with Gasteiger partial charge in [0, 0.05) is 6.54 Å². The van der Waals surface area contributed by atoms with Gasteiger partial charge in [0.25, 0.3) is 0 Å². The molecule has 29 heavy (non-hydrogen) atoms. The van der Waals surface area contributed by atoms with Crippen molar-refractivity contribution in [1.29, 1.82) is 0 Å². The van der Waals surface area contributed by atoms with Gasteiger partial charge in [-0.1, -0.05) is 6.07 Å². The Kier molecular flexibility index (Phi) is 7.15. The maximum atomic E-state index is 12.8. The quantitative estimate of drug-likeness (QED) is 0.524. The van der Waals surface area contributed by atoms with Crippen LogP contribution < -0.4 is 4.74 Å². The van der Waals surface area contributed by atoms with Crippen molar-refractivity contribution in [2.24, 2.45) is 0 Å². The molecule has 0 aromatic heterocycles. The number of halogens is 3. The summed E-state index contributed by atoms with van der Waals surface area (Å²) in [4.78, 5) is 24.0. The number of rotatable bonds is 6. The normalized spacial score (nSPS) is 16.9. The number of carbonyl (C=O) groups is 2. The first-order chi connectivity index (χ1) is 13.4. The molecule has 1 heterocycles. The number of carbonyl (C=O) groups excluding carboxylic acids is 2. The van der Waals surface area contributed by atoms with Crippen molar-refractivity contribution in [3.05, 3.63) is 29.3 Å². The summed E-state index contributed by atoms with van der Waals surface area (Å²) in [6.45, 7) is 6.96. The fourth-order valence-electron chi connectivity index (χ4n) is 3.07. The number of nitrogens with zero attached hydrogens (tertiary/aromatic N) is 1. The maximum absolute atomic E-state index is 12.8. The molecule has 9 heteroatoms.